The smallest absolute Gasteiger partial charge is 0.321 e. The number of ether oxygens (including phenoxy) is 1. The minimum absolute atomic E-state index is 0.0286. The standard InChI is InChI=1S/C19H21F2N3O2/c1-2-26-15-8-6-14(7-9-15)22-19(25)24-12-10-23(11-13-24)18-16(20)4-3-5-17(18)21/h3-9H,2,10-13H2,1H3,(H,22,25). The van der Waals surface area contributed by atoms with Gasteiger partial charge in [-0.1, -0.05) is 6.07 Å². The zero-order valence-electron chi connectivity index (χ0n) is 14.5. The molecule has 2 aromatic rings. The van der Waals surface area contributed by atoms with Gasteiger partial charge < -0.3 is 19.9 Å². The predicted octanol–water partition coefficient (Wildman–Crippen LogP) is 3.72. The average molecular weight is 361 g/mol. The Balaban J connectivity index is 1.56. The van der Waals surface area contributed by atoms with Gasteiger partial charge in [0, 0.05) is 31.9 Å². The molecule has 26 heavy (non-hydrogen) atoms. The summed E-state index contributed by atoms with van der Waals surface area (Å²) in [7, 11) is 0. The van der Waals surface area contributed by atoms with Crippen LogP contribution in [0.1, 0.15) is 6.92 Å². The monoisotopic (exact) mass is 361 g/mol. The summed E-state index contributed by atoms with van der Waals surface area (Å²) in [6.07, 6.45) is 0. The first-order chi connectivity index (χ1) is 12.6. The third-order valence-electron chi connectivity index (χ3n) is 4.24. The van der Waals surface area contributed by atoms with E-state index in [9.17, 15) is 13.6 Å². The molecule has 1 saturated heterocycles. The Hall–Kier alpha value is -2.83. The minimum atomic E-state index is -0.586. The van der Waals surface area contributed by atoms with E-state index in [0.29, 0.717) is 38.5 Å². The molecule has 0 aromatic heterocycles. The molecule has 5 nitrogen and oxygen atoms in total. The van der Waals surface area contributed by atoms with Crippen molar-refractivity contribution in [3.63, 3.8) is 0 Å². The number of hydrogen-bond acceptors (Lipinski definition) is 3. The van der Waals surface area contributed by atoms with Crippen LogP contribution in [0.15, 0.2) is 42.5 Å². The van der Waals surface area contributed by atoms with E-state index in [1.165, 1.54) is 18.2 Å². The zero-order valence-corrected chi connectivity index (χ0v) is 14.5. The number of hydrogen-bond donors (Lipinski definition) is 1. The van der Waals surface area contributed by atoms with Gasteiger partial charge in [-0.15, -0.1) is 0 Å². The number of benzene rings is 2. The Morgan fingerprint density at radius 3 is 2.23 bits per heavy atom. The van der Waals surface area contributed by atoms with E-state index in [-0.39, 0.29) is 11.7 Å². The molecule has 0 atom stereocenters. The van der Waals surface area contributed by atoms with Crippen molar-refractivity contribution in [1.29, 1.82) is 0 Å². The summed E-state index contributed by atoms with van der Waals surface area (Å²) in [6.45, 7) is 4.00. The molecular formula is C19H21F2N3O2. The maximum atomic E-state index is 13.9. The van der Waals surface area contributed by atoms with Crippen LogP contribution < -0.4 is 15.0 Å². The average Bonchev–Trinajstić information content (AvgIpc) is 2.64. The number of urea groups is 1. The quantitative estimate of drug-likeness (QED) is 0.903. The molecule has 1 fully saturated rings. The molecule has 0 spiro atoms. The highest BCUT2D eigenvalue weighted by Crippen LogP contribution is 2.24. The highest BCUT2D eigenvalue weighted by Gasteiger charge is 2.24. The van der Waals surface area contributed by atoms with Crippen molar-refractivity contribution >= 4 is 17.4 Å². The Labute approximate surface area is 151 Å². The first-order valence-electron chi connectivity index (χ1n) is 8.56. The lowest BCUT2D eigenvalue weighted by Gasteiger charge is -2.36. The van der Waals surface area contributed by atoms with Gasteiger partial charge in [0.2, 0.25) is 0 Å². The van der Waals surface area contributed by atoms with Crippen LogP contribution in [0.25, 0.3) is 0 Å². The first kappa shape index (κ1) is 18.0. The summed E-state index contributed by atoms with van der Waals surface area (Å²) in [5.74, 6) is -0.430. The summed E-state index contributed by atoms with van der Waals surface area (Å²) in [5, 5.41) is 2.82. The minimum Gasteiger partial charge on any atom is -0.494 e. The molecule has 2 aromatic carbocycles. The Morgan fingerprint density at radius 1 is 1.04 bits per heavy atom. The van der Waals surface area contributed by atoms with E-state index in [4.69, 9.17) is 4.74 Å². The number of piperazine rings is 1. The van der Waals surface area contributed by atoms with Gasteiger partial charge in [0.25, 0.3) is 0 Å². The van der Waals surface area contributed by atoms with E-state index >= 15 is 0 Å². The van der Waals surface area contributed by atoms with Crippen molar-refractivity contribution in [2.45, 2.75) is 6.92 Å². The van der Waals surface area contributed by atoms with Gasteiger partial charge in [-0.3, -0.25) is 0 Å². The molecule has 0 bridgehead atoms. The predicted molar refractivity (Wildman–Crippen MR) is 96.8 cm³/mol. The molecule has 1 aliphatic rings. The molecule has 0 unspecified atom stereocenters. The number of anilines is 2. The van der Waals surface area contributed by atoms with Crippen molar-refractivity contribution < 1.29 is 18.3 Å². The Kier molecular flexibility index (Phi) is 5.55. The van der Waals surface area contributed by atoms with E-state index in [1.54, 1.807) is 34.1 Å². The number of amides is 2. The van der Waals surface area contributed by atoms with E-state index in [0.717, 1.165) is 5.75 Å². The summed E-state index contributed by atoms with van der Waals surface area (Å²) in [5.41, 5.74) is 0.639. The van der Waals surface area contributed by atoms with E-state index < -0.39 is 11.6 Å². The lowest BCUT2D eigenvalue weighted by molar-refractivity contribution is 0.208. The second kappa shape index (κ2) is 8.03. The molecule has 0 saturated carbocycles. The molecule has 2 amide bonds. The molecule has 7 heteroatoms. The lowest BCUT2D eigenvalue weighted by Crippen LogP contribution is -2.50. The summed E-state index contributed by atoms with van der Waals surface area (Å²) < 4.78 is 33.1. The van der Waals surface area contributed by atoms with Crippen molar-refractivity contribution in [3.8, 4) is 5.75 Å². The van der Waals surface area contributed by atoms with Crippen LogP contribution in [-0.2, 0) is 0 Å². The van der Waals surface area contributed by atoms with Crippen LogP contribution in [0.5, 0.6) is 5.75 Å². The second-order valence-electron chi connectivity index (χ2n) is 5.93. The van der Waals surface area contributed by atoms with Gasteiger partial charge in [0.05, 0.1) is 6.61 Å². The van der Waals surface area contributed by atoms with Gasteiger partial charge in [0.1, 0.15) is 23.1 Å². The fraction of sp³-hybridized carbons (Fsp3) is 0.316. The van der Waals surface area contributed by atoms with Gasteiger partial charge in [0.15, 0.2) is 0 Å². The number of carbonyl (C=O) groups excluding carboxylic acids is 1. The van der Waals surface area contributed by atoms with Gasteiger partial charge in [-0.2, -0.15) is 0 Å². The number of halogens is 2. The largest absolute Gasteiger partial charge is 0.494 e. The maximum Gasteiger partial charge on any atom is 0.321 e. The topological polar surface area (TPSA) is 44.8 Å². The molecule has 0 radical (unpaired) electrons. The highest BCUT2D eigenvalue weighted by atomic mass is 19.1. The molecule has 1 aliphatic heterocycles. The van der Waals surface area contributed by atoms with Crippen LogP contribution in [0, 0.1) is 11.6 Å². The van der Waals surface area contributed by atoms with Gasteiger partial charge in [-0.05, 0) is 43.3 Å². The van der Waals surface area contributed by atoms with E-state index in [1.807, 2.05) is 6.92 Å². The summed E-state index contributed by atoms with van der Waals surface area (Å²) >= 11 is 0. The SMILES string of the molecule is CCOc1ccc(NC(=O)N2CCN(c3c(F)cccc3F)CC2)cc1. The summed E-state index contributed by atoms with van der Waals surface area (Å²) in [6, 6.07) is 10.7. The third kappa shape index (κ3) is 4.04. The Morgan fingerprint density at radius 2 is 1.65 bits per heavy atom. The van der Waals surface area contributed by atoms with Crippen LogP contribution in [0.2, 0.25) is 0 Å². The van der Waals surface area contributed by atoms with Crippen molar-refractivity contribution in [1.82, 2.24) is 4.90 Å². The number of rotatable bonds is 4. The molecule has 1 N–H and O–H groups in total. The van der Waals surface area contributed by atoms with Crippen molar-refractivity contribution in [2.24, 2.45) is 0 Å². The maximum absolute atomic E-state index is 13.9. The van der Waals surface area contributed by atoms with Crippen molar-refractivity contribution in [3.05, 3.63) is 54.1 Å². The lowest BCUT2D eigenvalue weighted by atomic mass is 10.2. The zero-order chi connectivity index (χ0) is 18.5. The van der Waals surface area contributed by atoms with Crippen LogP contribution in [-0.4, -0.2) is 43.7 Å². The molecule has 1 heterocycles. The Bertz CT molecular complexity index is 740. The fourth-order valence-electron chi connectivity index (χ4n) is 2.93. The first-order valence-corrected chi connectivity index (χ1v) is 8.56. The fourth-order valence-corrected chi connectivity index (χ4v) is 2.93. The van der Waals surface area contributed by atoms with Crippen LogP contribution in [0.3, 0.4) is 0 Å². The molecule has 0 aliphatic carbocycles. The molecule has 3 rings (SSSR count). The third-order valence-corrected chi connectivity index (χ3v) is 4.24. The van der Waals surface area contributed by atoms with Gasteiger partial charge >= 0.3 is 6.03 Å². The molecular weight excluding hydrogens is 340 g/mol. The number of para-hydroxylation sites is 1. The van der Waals surface area contributed by atoms with Crippen LogP contribution in [0.4, 0.5) is 25.0 Å². The van der Waals surface area contributed by atoms with Crippen LogP contribution >= 0.6 is 0 Å². The van der Waals surface area contributed by atoms with E-state index in [2.05, 4.69) is 5.32 Å². The van der Waals surface area contributed by atoms with Crippen molar-refractivity contribution in [2.75, 3.05) is 43.0 Å². The summed E-state index contributed by atoms with van der Waals surface area (Å²) in [4.78, 5) is 15.6. The van der Waals surface area contributed by atoms with Gasteiger partial charge in [-0.25, -0.2) is 13.6 Å². The second-order valence-corrected chi connectivity index (χ2v) is 5.93. The number of nitrogens with one attached hydrogen (secondary N) is 1. The molecule has 138 valence electrons. The number of nitrogens with zero attached hydrogens (tertiary/aromatic N) is 2. The number of carbonyl (C=O) groups is 1. The normalized spacial score (nSPS) is 14.3. The highest BCUT2D eigenvalue weighted by molar-refractivity contribution is 5.89.